The molecule has 7 heteroatoms. The van der Waals surface area contributed by atoms with E-state index in [1.54, 1.807) is 6.07 Å². The number of nitrogens with two attached hydrogens (primary N) is 1. The standard InChI is InChI=1S/C12H9F3N4/c13-12(14,15)9-5-8(6-16)1-2-10(9)19-4-3-18-11(19)7-17/h1-5H,6,16H2. The molecule has 0 bridgehead atoms. The number of rotatable bonds is 2. The molecule has 2 aromatic rings. The van der Waals surface area contributed by atoms with E-state index in [0.717, 1.165) is 10.6 Å². The first-order valence-electron chi connectivity index (χ1n) is 5.31. The summed E-state index contributed by atoms with van der Waals surface area (Å²) in [5, 5.41) is 8.83. The zero-order chi connectivity index (χ0) is 14.0. The van der Waals surface area contributed by atoms with E-state index >= 15 is 0 Å². The second kappa shape index (κ2) is 4.74. The molecule has 19 heavy (non-hydrogen) atoms. The summed E-state index contributed by atoms with van der Waals surface area (Å²) in [6.45, 7) is 0.0123. The van der Waals surface area contributed by atoms with E-state index in [1.807, 2.05) is 0 Å². The van der Waals surface area contributed by atoms with Crippen LogP contribution in [-0.2, 0) is 12.7 Å². The molecule has 4 nitrogen and oxygen atoms in total. The van der Waals surface area contributed by atoms with Crippen molar-refractivity contribution in [3.63, 3.8) is 0 Å². The van der Waals surface area contributed by atoms with Crippen LogP contribution in [0, 0.1) is 11.3 Å². The molecule has 1 aromatic carbocycles. The Bertz CT molecular complexity index is 637. The maximum absolute atomic E-state index is 13.0. The zero-order valence-corrected chi connectivity index (χ0v) is 9.65. The summed E-state index contributed by atoms with van der Waals surface area (Å²) in [6.07, 6.45) is -1.95. The average Bonchev–Trinajstić information content (AvgIpc) is 2.85. The van der Waals surface area contributed by atoms with Crippen LogP contribution in [0.15, 0.2) is 30.6 Å². The minimum atomic E-state index is -4.53. The number of nitrogens with zero attached hydrogens (tertiary/aromatic N) is 3. The first kappa shape index (κ1) is 13.1. The van der Waals surface area contributed by atoms with E-state index in [1.165, 1.54) is 24.5 Å². The number of benzene rings is 1. The number of aromatic nitrogens is 2. The Morgan fingerprint density at radius 3 is 2.68 bits per heavy atom. The Balaban J connectivity index is 2.67. The van der Waals surface area contributed by atoms with Gasteiger partial charge in [-0.15, -0.1) is 0 Å². The third-order valence-corrected chi connectivity index (χ3v) is 2.60. The first-order valence-corrected chi connectivity index (χ1v) is 5.31. The smallest absolute Gasteiger partial charge is 0.326 e. The Hall–Kier alpha value is -2.33. The van der Waals surface area contributed by atoms with Crippen molar-refractivity contribution in [3.8, 4) is 11.8 Å². The molecule has 2 N–H and O–H groups in total. The maximum atomic E-state index is 13.0. The average molecular weight is 266 g/mol. The molecule has 98 valence electrons. The van der Waals surface area contributed by atoms with Crippen LogP contribution in [0.4, 0.5) is 13.2 Å². The molecule has 0 aliphatic carbocycles. The minimum Gasteiger partial charge on any atom is -0.326 e. The number of hydrogen-bond donors (Lipinski definition) is 1. The van der Waals surface area contributed by atoms with Crippen LogP contribution in [-0.4, -0.2) is 9.55 Å². The molecular formula is C12H9F3N4. The van der Waals surface area contributed by atoms with Crippen LogP contribution in [0.3, 0.4) is 0 Å². The Morgan fingerprint density at radius 1 is 1.37 bits per heavy atom. The van der Waals surface area contributed by atoms with Gasteiger partial charge < -0.3 is 5.73 Å². The van der Waals surface area contributed by atoms with Crippen molar-refractivity contribution in [2.24, 2.45) is 5.73 Å². The number of halogens is 3. The van der Waals surface area contributed by atoms with Crippen molar-refractivity contribution in [1.82, 2.24) is 9.55 Å². The molecular weight excluding hydrogens is 257 g/mol. The van der Waals surface area contributed by atoms with Crippen molar-refractivity contribution in [1.29, 1.82) is 5.26 Å². The van der Waals surface area contributed by atoms with Gasteiger partial charge in [-0.3, -0.25) is 4.57 Å². The van der Waals surface area contributed by atoms with Crippen LogP contribution in [0.2, 0.25) is 0 Å². The lowest BCUT2D eigenvalue weighted by Crippen LogP contribution is -2.13. The number of nitriles is 1. The van der Waals surface area contributed by atoms with Crippen molar-refractivity contribution >= 4 is 0 Å². The number of imidazole rings is 1. The summed E-state index contributed by atoms with van der Waals surface area (Å²) in [5.74, 6) is -0.106. The molecule has 0 unspecified atom stereocenters. The summed E-state index contributed by atoms with van der Waals surface area (Å²) in [7, 11) is 0. The van der Waals surface area contributed by atoms with E-state index in [4.69, 9.17) is 11.0 Å². The van der Waals surface area contributed by atoms with Crippen LogP contribution < -0.4 is 5.73 Å². The molecule has 0 saturated heterocycles. The molecule has 0 aliphatic rings. The van der Waals surface area contributed by atoms with E-state index in [9.17, 15) is 13.2 Å². The molecule has 0 atom stereocenters. The molecule has 0 saturated carbocycles. The lowest BCUT2D eigenvalue weighted by atomic mass is 10.1. The van der Waals surface area contributed by atoms with Gasteiger partial charge in [0.15, 0.2) is 0 Å². The van der Waals surface area contributed by atoms with E-state index < -0.39 is 11.7 Å². The normalized spacial score (nSPS) is 11.3. The van der Waals surface area contributed by atoms with Gasteiger partial charge in [0.1, 0.15) is 6.07 Å². The SMILES string of the molecule is N#Cc1nccn1-c1ccc(CN)cc1C(F)(F)F. The molecule has 0 spiro atoms. The second-order valence-electron chi connectivity index (χ2n) is 3.79. The summed E-state index contributed by atoms with van der Waals surface area (Å²) >= 11 is 0. The quantitative estimate of drug-likeness (QED) is 0.906. The predicted molar refractivity (Wildman–Crippen MR) is 61.2 cm³/mol. The van der Waals surface area contributed by atoms with Crippen LogP contribution >= 0.6 is 0 Å². The fraction of sp³-hybridized carbons (Fsp3) is 0.167. The van der Waals surface area contributed by atoms with Gasteiger partial charge in [0.25, 0.3) is 0 Å². The largest absolute Gasteiger partial charge is 0.418 e. The minimum absolute atomic E-state index is 0.0123. The lowest BCUT2D eigenvalue weighted by Gasteiger charge is -2.15. The van der Waals surface area contributed by atoms with Gasteiger partial charge in [0.2, 0.25) is 5.82 Å². The van der Waals surface area contributed by atoms with Gasteiger partial charge in [-0.25, -0.2) is 4.98 Å². The Morgan fingerprint density at radius 2 is 2.11 bits per heavy atom. The zero-order valence-electron chi connectivity index (χ0n) is 9.65. The molecule has 0 amide bonds. The van der Waals surface area contributed by atoms with Crippen LogP contribution in [0.5, 0.6) is 0 Å². The molecule has 1 aromatic heterocycles. The van der Waals surface area contributed by atoms with Crippen molar-refractivity contribution < 1.29 is 13.2 Å². The third-order valence-electron chi connectivity index (χ3n) is 2.60. The maximum Gasteiger partial charge on any atom is 0.418 e. The first-order chi connectivity index (χ1) is 8.97. The molecule has 0 radical (unpaired) electrons. The fourth-order valence-corrected chi connectivity index (χ4v) is 1.73. The highest BCUT2D eigenvalue weighted by molar-refractivity contribution is 5.47. The Labute approximate surface area is 106 Å². The lowest BCUT2D eigenvalue weighted by molar-refractivity contribution is -0.137. The summed E-state index contributed by atoms with van der Waals surface area (Å²) < 4.78 is 40.2. The monoisotopic (exact) mass is 266 g/mol. The molecule has 0 fully saturated rings. The molecule has 0 aliphatic heterocycles. The van der Waals surface area contributed by atoms with Gasteiger partial charge in [-0.05, 0) is 17.7 Å². The van der Waals surface area contributed by atoms with Crippen molar-refractivity contribution in [3.05, 3.63) is 47.5 Å². The molecule has 1 heterocycles. The molecule has 2 rings (SSSR count). The van der Waals surface area contributed by atoms with Crippen LogP contribution in [0.25, 0.3) is 5.69 Å². The summed E-state index contributed by atoms with van der Waals surface area (Å²) in [6, 6.07) is 5.50. The van der Waals surface area contributed by atoms with Gasteiger partial charge in [0, 0.05) is 18.9 Å². The van der Waals surface area contributed by atoms with E-state index in [0.29, 0.717) is 5.56 Å². The number of alkyl halides is 3. The van der Waals surface area contributed by atoms with Crippen molar-refractivity contribution in [2.75, 3.05) is 0 Å². The van der Waals surface area contributed by atoms with Gasteiger partial charge in [-0.1, -0.05) is 6.07 Å². The number of hydrogen-bond acceptors (Lipinski definition) is 3. The second-order valence-corrected chi connectivity index (χ2v) is 3.79. The Kier molecular flexibility index (Phi) is 3.27. The van der Waals surface area contributed by atoms with Gasteiger partial charge in [0.05, 0.1) is 11.3 Å². The third kappa shape index (κ3) is 2.44. The topological polar surface area (TPSA) is 67.6 Å². The highest BCUT2D eigenvalue weighted by Crippen LogP contribution is 2.34. The van der Waals surface area contributed by atoms with Crippen molar-refractivity contribution in [2.45, 2.75) is 12.7 Å². The van der Waals surface area contributed by atoms with E-state index in [-0.39, 0.29) is 18.1 Å². The van der Waals surface area contributed by atoms with Gasteiger partial charge >= 0.3 is 6.18 Å². The highest BCUT2D eigenvalue weighted by Gasteiger charge is 2.34. The van der Waals surface area contributed by atoms with E-state index in [2.05, 4.69) is 4.98 Å². The highest BCUT2D eigenvalue weighted by atomic mass is 19.4. The summed E-state index contributed by atoms with van der Waals surface area (Å²) in [4.78, 5) is 3.69. The van der Waals surface area contributed by atoms with Gasteiger partial charge in [-0.2, -0.15) is 18.4 Å². The predicted octanol–water partition coefficient (Wildman–Crippen LogP) is 2.22. The summed E-state index contributed by atoms with van der Waals surface area (Å²) in [5.41, 5.74) is 4.74. The van der Waals surface area contributed by atoms with Crippen LogP contribution in [0.1, 0.15) is 17.0 Å². The fourth-order valence-electron chi connectivity index (χ4n) is 1.73.